The van der Waals surface area contributed by atoms with E-state index in [2.05, 4.69) is 19.2 Å². The van der Waals surface area contributed by atoms with E-state index in [1.54, 1.807) is 14.7 Å². The third-order valence-electron chi connectivity index (χ3n) is 11.1. The Morgan fingerprint density at radius 3 is 1.60 bits per heavy atom. The van der Waals surface area contributed by atoms with E-state index in [0.29, 0.717) is 38.8 Å². The summed E-state index contributed by atoms with van der Waals surface area (Å²) in [6.45, 7) is 3.37. The molecule has 378 valence electrons. The Morgan fingerprint density at radius 2 is 1.11 bits per heavy atom. The van der Waals surface area contributed by atoms with Gasteiger partial charge in [-0.25, -0.2) is 4.57 Å². The third-order valence-corrected chi connectivity index (χ3v) is 12.1. The highest BCUT2D eigenvalue weighted by Gasteiger charge is 2.30. The molecule has 0 aliphatic carbocycles. The number of amides is 1. The standard InChI is InChI=1S/C45H83N4O15P/c1-3-5-7-9-11-13-15-17-19-24-44(57)61-36-39(64-45(58)25-20-18-16-14-12-10-8-6-4-2)37-63-65(59,60)62-30-26-46-40(50)23-21-22-27-49(35-43(55)56)38-31-47(33-41(51)52)28-29-48(32-38)34-42(53)54/h38-39H,3-37H2,1-2H3,(H,46,50)(H,51,52)(H,53,54)(H,55,56)(H,59,60). The highest BCUT2D eigenvalue weighted by atomic mass is 31.2. The zero-order valence-electron chi connectivity index (χ0n) is 39.5. The number of phosphoric acid groups is 1. The summed E-state index contributed by atoms with van der Waals surface area (Å²) >= 11 is 0. The van der Waals surface area contributed by atoms with Crippen molar-refractivity contribution in [1.29, 1.82) is 0 Å². The van der Waals surface area contributed by atoms with Crippen molar-refractivity contribution in [2.75, 3.05) is 78.7 Å². The van der Waals surface area contributed by atoms with E-state index in [0.717, 1.165) is 38.5 Å². The molecule has 1 heterocycles. The van der Waals surface area contributed by atoms with Gasteiger partial charge in [-0.1, -0.05) is 117 Å². The summed E-state index contributed by atoms with van der Waals surface area (Å²) in [6, 6.07) is -0.467. The van der Waals surface area contributed by atoms with Crippen LogP contribution in [-0.2, 0) is 51.9 Å². The second-order valence-corrected chi connectivity index (χ2v) is 18.6. The van der Waals surface area contributed by atoms with Crippen LogP contribution in [0.3, 0.4) is 0 Å². The maximum Gasteiger partial charge on any atom is 0.472 e. The van der Waals surface area contributed by atoms with E-state index in [1.165, 1.54) is 64.2 Å². The van der Waals surface area contributed by atoms with Gasteiger partial charge in [0.05, 0.1) is 32.8 Å². The average Bonchev–Trinajstić information content (AvgIpc) is 3.44. The van der Waals surface area contributed by atoms with Crippen molar-refractivity contribution in [3.05, 3.63) is 0 Å². The number of ether oxygens (including phenoxy) is 2. The van der Waals surface area contributed by atoms with Crippen LogP contribution in [0, 0.1) is 0 Å². The monoisotopic (exact) mass is 951 g/mol. The zero-order chi connectivity index (χ0) is 48.1. The summed E-state index contributed by atoms with van der Waals surface area (Å²) in [7, 11) is -4.68. The number of unbranched alkanes of at least 4 members (excludes halogenated alkanes) is 17. The smallest absolute Gasteiger partial charge is 0.472 e. The number of carboxylic acids is 3. The van der Waals surface area contributed by atoms with Crippen molar-refractivity contribution in [3.63, 3.8) is 0 Å². The van der Waals surface area contributed by atoms with Crippen LogP contribution < -0.4 is 5.32 Å². The number of carbonyl (C=O) groups excluding carboxylic acids is 3. The Balaban J connectivity index is 2.58. The number of nitrogens with one attached hydrogen (secondary N) is 1. The Morgan fingerprint density at radius 1 is 0.631 bits per heavy atom. The van der Waals surface area contributed by atoms with Gasteiger partial charge in [0.1, 0.15) is 6.61 Å². The van der Waals surface area contributed by atoms with E-state index < -0.39 is 56.4 Å². The van der Waals surface area contributed by atoms with Crippen LogP contribution in [0.2, 0.25) is 0 Å². The lowest BCUT2D eigenvalue weighted by Crippen LogP contribution is -2.50. The fourth-order valence-corrected chi connectivity index (χ4v) is 8.37. The highest BCUT2D eigenvalue weighted by molar-refractivity contribution is 7.47. The van der Waals surface area contributed by atoms with Crippen LogP contribution in [0.15, 0.2) is 0 Å². The first-order valence-electron chi connectivity index (χ1n) is 24.2. The van der Waals surface area contributed by atoms with Crippen LogP contribution in [0.1, 0.15) is 162 Å². The lowest BCUT2D eigenvalue weighted by Gasteiger charge is -2.33. The number of rotatable bonds is 42. The van der Waals surface area contributed by atoms with Gasteiger partial charge >= 0.3 is 37.7 Å². The number of nitrogens with zero attached hydrogens (tertiary/aromatic N) is 3. The minimum Gasteiger partial charge on any atom is -0.480 e. The molecule has 0 aromatic heterocycles. The van der Waals surface area contributed by atoms with E-state index in [9.17, 15) is 53.5 Å². The van der Waals surface area contributed by atoms with Crippen molar-refractivity contribution in [2.24, 2.45) is 0 Å². The first-order chi connectivity index (χ1) is 31.1. The number of hydrogen-bond acceptors (Lipinski definition) is 14. The molecule has 0 radical (unpaired) electrons. The van der Waals surface area contributed by atoms with Crippen molar-refractivity contribution < 1.29 is 72.1 Å². The lowest BCUT2D eigenvalue weighted by molar-refractivity contribution is -0.161. The Hall–Kier alpha value is -3.19. The lowest BCUT2D eigenvalue weighted by atomic mass is 10.1. The van der Waals surface area contributed by atoms with Gasteiger partial charge in [-0.3, -0.25) is 52.5 Å². The number of hydrogen-bond donors (Lipinski definition) is 5. The summed E-state index contributed by atoms with van der Waals surface area (Å²) in [6.07, 6.45) is 19.5. The van der Waals surface area contributed by atoms with E-state index in [4.69, 9.17) is 18.5 Å². The van der Waals surface area contributed by atoms with Crippen LogP contribution >= 0.6 is 7.82 Å². The summed E-state index contributed by atoms with van der Waals surface area (Å²) in [5.41, 5.74) is 0. The molecule has 0 spiro atoms. The normalized spacial score (nSPS) is 15.3. The molecule has 2 atom stereocenters. The minimum absolute atomic E-state index is 0.0546. The summed E-state index contributed by atoms with van der Waals surface area (Å²) in [5, 5.41) is 30.8. The van der Waals surface area contributed by atoms with Crippen LogP contribution in [0.4, 0.5) is 0 Å². The molecule has 5 N–H and O–H groups in total. The van der Waals surface area contributed by atoms with Gasteiger partial charge < -0.3 is 35.0 Å². The molecule has 0 saturated carbocycles. The third kappa shape index (κ3) is 34.7. The molecular formula is C45H83N4O15P. The molecule has 1 aliphatic heterocycles. The van der Waals surface area contributed by atoms with Gasteiger partial charge in [-0.15, -0.1) is 0 Å². The van der Waals surface area contributed by atoms with Crippen LogP contribution in [0.25, 0.3) is 0 Å². The topological polar surface area (TPSA) is 259 Å². The molecule has 19 nitrogen and oxygen atoms in total. The molecule has 65 heavy (non-hydrogen) atoms. The Labute approximate surface area is 387 Å². The Kier molecular flexibility index (Phi) is 34.8. The molecule has 1 aliphatic rings. The van der Waals surface area contributed by atoms with Crippen molar-refractivity contribution >= 4 is 43.6 Å². The van der Waals surface area contributed by atoms with E-state index in [-0.39, 0.29) is 84.2 Å². The van der Waals surface area contributed by atoms with Gasteiger partial charge in [-0.05, 0) is 32.2 Å². The van der Waals surface area contributed by atoms with Gasteiger partial charge in [0.2, 0.25) is 5.91 Å². The number of carboxylic acid groups (broad SMARTS) is 3. The van der Waals surface area contributed by atoms with Gasteiger partial charge in [0.15, 0.2) is 6.10 Å². The molecule has 1 saturated heterocycles. The van der Waals surface area contributed by atoms with Gasteiger partial charge in [0.25, 0.3) is 0 Å². The molecule has 20 heteroatoms. The quantitative estimate of drug-likeness (QED) is 0.0257. The predicted molar refractivity (Wildman–Crippen MR) is 244 cm³/mol. The molecule has 0 aromatic rings. The fraction of sp³-hybridized carbons (Fsp3) is 0.867. The van der Waals surface area contributed by atoms with Crippen molar-refractivity contribution in [1.82, 2.24) is 20.0 Å². The number of phosphoric ester groups is 1. The highest BCUT2D eigenvalue weighted by Crippen LogP contribution is 2.43. The molecular weight excluding hydrogens is 867 g/mol. The SMILES string of the molecule is CCCCCCCCCCCC(=O)OCC(COP(=O)(O)OCCNC(=O)CCCCN(CC(=O)O)C1CN(CC(=O)O)CCN(CC(=O)O)C1)OC(=O)CCCCCCCCCCC. The molecule has 0 aromatic carbocycles. The molecule has 1 rings (SSSR count). The number of carbonyl (C=O) groups is 6. The number of esters is 2. The first kappa shape index (κ1) is 59.8. The maximum absolute atomic E-state index is 12.7. The molecule has 2 unspecified atom stereocenters. The molecule has 1 amide bonds. The van der Waals surface area contributed by atoms with Crippen LogP contribution in [-0.4, -0.2) is 162 Å². The summed E-state index contributed by atoms with van der Waals surface area (Å²) < 4.78 is 33.8. The predicted octanol–water partition coefficient (Wildman–Crippen LogP) is 6.25. The second kappa shape index (κ2) is 37.9. The second-order valence-electron chi connectivity index (χ2n) is 17.1. The van der Waals surface area contributed by atoms with E-state index in [1.807, 2.05) is 0 Å². The van der Waals surface area contributed by atoms with Crippen molar-refractivity contribution in [3.8, 4) is 0 Å². The van der Waals surface area contributed by atoms with E-state index >= 15 is 0 Å². The zero-order valence-corrected chi connectivity index (χ0v) is 40.4. The summed E-state index contributed by atoms with van der Waals surface area (Å²) in [4.78, 5) is 87.7. The Bertz CT molecular complexity index is 1370. The largest absolute Gasteiger partial charge is 0.480 e. The average molecular weight is 951 g/mol. The first-order valence-corrected chi connectivity index (χ1v) is 25.7. The van der Waals surface area contributed by atoms with Gasteiger partial charge in [-0.2, -0.15) is 0 Å². The fourth-order valence-electron chi connectivity index (χ4n) is 7.62. The van der Waals surface area contributed by atoms with Crippen molar-refractivity contribution in [2.45, 2.75) is 174 Å². The number of aliphatic carboxylic acids is 3. The minimum atomic E-state index is -4.68. The van der Waals surface area contributed by atoms with Gasteiger partial charge in [0, 0.05) is 58.0 Å². The molecule has 0 bridgehead atoms. The maximum atomic E-state index is 12.7. The van der Waals surface area contributed by atoms with Crippen LogP contribution in [0.5, 0.6) is 0 Å². The molecule has 1 fully saturated rings. The summed E-state index contributed by atoms with van der Waals surface area (Å²) in [5.74, 6) is -4.58.